The molecule has 0 radical (unpaired) electrons. The zero-order valence-electron chi connectivity index (χ0n) is 9.90. The van der Waals surface area contributed by atoms with Crippen molar-refractivity contribution in [2.45, 2.75) is 57.5 Å². The molecule has 0 aliphatic carbocycles. The van der Waals surface area contributed by atoms with Crippen LogP contribution in [0.25, 0.3) is 0 Å². The van der Waals surface area contributed by atoms with Crippen LogP contribution in [0.1, 0.15) is 46.5 Å². The van der Waals surface area contributed by atoms with Crippen LogP contribution in [0, 0.1) is 0 Å². The van der Waals surface area contributed by atoms with Crippen LogP contribution < -0.4 is 5.32 Å². The van der Waals surface area contributed by atoms with E-state index in [9.17, 15) is 0 Å². The third kappa shape index (κ3) is 1.70. The Morgan fingerprint density at radius 3 is 2.43 bits per heavy atom. The minimum absolute atomic E-state index is 0.343. The molecule has 0 aromatic carbocycles. The van der Waals surface area contributed by atoms with Crippen molar-refractivity contribution in [3.8, 4) is 0 Å². The van der Waals surface area contributed by atoms with E-state index in [1.54, 1.807) is 0 Å². The summed E-state index contributed by atoms with van der Waals surface area (Å²) in [5, 5.41) is 3.58. The van der Waals surface area contributed by atoms with Gasteiger partial charge < -0.3 is 5.32 Å². The third-order valence-corrected chi connectivity index (χ3v) is 3.86. The number of hydrogen-bond acceptors (Lipinski definition) is 2. The minimum Gasteiger partial charge on any atom is -0.315 e. The van der Waals surface area contributed by atoms with E-state index in [1.807, 2.05) is 0 Å². The Kier molecular flexibility index (Phi) is 2.61. The van der Waals surface area contributed by atoms with Gasteiger partial charge in [0.05, 0.1) is 0 Å². The Morgan fingerprint density at radius 1 is 1.14 bits per heavy atom. The molecular formula is C12H24N2. The number of piperidine rings is 1. The first-order valence-corrected chi connectivity index (χ1v) is 6.03. The molecule has 1 spiro atoms. The van der Waals surface area contributed by atoms with E-state index < -0.39 is 0 Å². The van der Waals surface area contributed by atoms with Gasteiger partial charge in [-0.3, -0.25) is 4.90 Å². The Balaban J connectivity index is 2.16. The molecule has 2 aliphatic heterocycles. The summed E-state index contributed by atoms with van der Waals surface area (Å²) in [4.78, 5) is 2.74. The van der Waals surface area contributed by atoms with E-state index in [4.69, 9.17) is 0 Å². The standard InChI is InChI=1S/C12H24N2/c1-11(2,3)14-9-5-7-12(14)6-4-8-13-10-12/h13H,4-10H2,1-3H3. The lowest BCUT2D eigenvalue weighted by Crippen LogP contribution is -2.59. The van der Waals surface area contributed by atoms with Crippen LogP contribution in [0.2, 0.25) is 0 Å². The molecule has 2 aliphatic rings. The summed E-state index contributed by atoms with van der Waals surface area (Å²) in [5.41, 5.74) is 0.839. The molecule has 14 heavy (non-hydrogen) atoms. The predicted octanol–water partition coefficient (Wildman–Crippen LogP) is 2.00. The van der Waals surface area contributed by atoms with Crippen LogP contribution in [0.3, 0.4) is 0 Å². The monoisotopic (exact) mass is 196 g/mol. The molecule has 82 valence electrons. The van der Waals surface area contributed by atoms with Crippen LogP contribution in [-0.2, 0) is 0 Å². The number of likely N-dealkylation sites (tertiary alicyclic amines) is 1. The molecule has 2 rings (SSSR count). The lowest BCUT2D eigenvalue weighted by Gasteiger charge is -2.48. The molecule has 0 aromatic heterocycles. The lowest BCUT2D eigenvalue weighted by molar-refractivity contribution is 0.0258. The van der Waals surface area contributed by atoms with Gasteiger partial charge in [0.25, 0.3) is 0 Å². The largest absolute Gasteiger partial charge is 0.315 e. The van der Waals surface area contributed by atoms with Crippen molar-refractivity contribution in [2.75, 3.05) is 19.6 Å². The molecule has 1 unspecified atom stereocenters. The summed E-state index contributed by atoms with van der Waals surface area (Å²) < 4.78 is 0. The minimum atomic E-state index is 0.343. The van der Waals surface area contributed by atoms with Gasteiger partial charge in [-0.2, -0.15) is 0 Å². The van der Waals surface area contributed by atoms with Gasteiger partial charge in [-0.15, -0.1) is 0 Å². The highest BCUT2D eigenvalue weighted by Gasteiger charge is 2.45. The lowest BCUT2D eigenvalue weighted by atomic mass is 9.85. The number of rotatable bonds is 0. The second-order valence-electron chi connectivity index (χ2n) is 5.93. The molecule has 2 heteroatoms. The van der Waals surface area contributed by atoms with Gasteiger partial charge in [-0.05, 0) is 59.5 Å². The first kappa shape index (κ1) is 10.4. The molecular weight excluding hydrogens is 172 g/mol. The van der Waals surface area contributed by atoms with Crippen LogP contribution in [0.4, 0.5) is 0 Å². The van der Waals surface area contributed by atoms with Gasteiger partial charge in [-0.1, -0.05) is 0 Å². The number of hydrogen-bond donors (Lipinski definition) is 1. The highest BCUT2D eigenvalue weighted by atomic mass is 15.3. The van der Waals surface area contributed by atoms with Gasteiger partial charge in [0.15, 0.2) is 0 Å². The molecule has 0 saturated carbocycles. The molecule has 1 atom stereocenters. The summed E-state index contributed by atoms with van der Waals surface area (Å²) in [7, 11) is 0. The molecule has 2 nitrogen and oxygen atoms in total. The van der Waals surface area contributed by atoms with Crippen LogP contribution >= 0.6 is 0 Å². The van der Waals surface area contributed by atoms with Gasteiger partial charge in [-0.25, -0.2) is 0 Å². The van der Waals surface area contributed by atoms with E-state index in [0.29, 0.717) is 11.1 Å². The van der Waals surface area contributed by atoms with Crippen molar-refractivity contribution in [1.29, 1.82) is 0 Å². The fourth-order valence-corrected chi connectivity index (χ4v) is 3.38. The van der Waals surface area contributed by atoms with Crippen LogP contribution in [0.15, 0.2) is 0 Å². The SMILES string of the molecule is CC(C)(C)N1CCCC12CCCNC2. The summed E-state index contributed by atoms with van der Waals surface area (Å²) in [6.45, 7) is 10.8. The fraction of sp³-hybridized carbons (Fsp3) is 1.00. The molecule has 0 amide bonds. The summed E-state index contributed by atoms with van der Waals surface area (Å²) in [5.74, 6) is 0. The van der Waals surface area contributed by atoms with E-state index >= 15 is 0 Å². The van der Waals surface area contributed by atoms with Crippen molar-refractivity contribution >= 4 is 0 Å². The van der Waals surface area contributed by atoms with E-state index in [0.717, 1.165) is 0 Å². The highest BCUT2D eigenvalue weighted by Crippen LogP contribution is 2.39. The first-order chi connectivity index (χ1) is 6.55. The van der Waals surface area contributed by atoms with Crippen molar-refractivity contribution in [2.24, 2.45) is 0 Å². The molecule has 2 saturated heterocycles. The summed E-state index contributed by atoms with van der Waals surface area (Å²) in [6, 6.07) is 0. The topological polar surface area (TPSA) is 15.3 Å². The Morgan fingerprint density at radius 2 is 1.86 bits per heavy atom. The highest BCUT2D eigenvalue weighted by molar-refractivity contribution is 5.03. The van der Waals surface area contributed by atoms with Crippen molar-refractivity contribution in [1.82, 2.24) is 10.2 Å². The van der Waals surface area contributed by atoms with Crippen molar-refractivity contribution in [3.63, 3.8) is 0 Å². The van der Waals surface area contributed by atoms with Gasteiger partial charge in [0.1, 0.15) is 0 Å². The average molecular weight is 196 g/mol. The normalized spacial score (nSPS) is 35.4. The zero-order chi connectivity index (χ0) is 10.2. The predicted molar refractivity (Wildman–Crippen MR) is 60.5 cm³/mol. The van der Waals surface area contributed by atoms with Gasteiger partial charge >= 0.3 is 0 Å². The maximum atomic E-state index is 3.58. The smallest absolute Gasteiger partial charge is 0.0340 e. The van der Waals surface area contributed by atoms with Crippen molar-refractivity contribution < 1.29 is 0 Å². The molecule has 0 bridgehead atoms. The number of nitrogens with one attached hydrogen (secondary N) is 1. The Hall–Kier alpha value is -0.0800. The molecule has 1 N–H and O–H groups in total. The van der Waals surface area contributed by atoms with Crippen LogP contribution in [0.5, 0.6) is 0 Å². The summed E-state index contributed by atoms with van der Waals surface area (Å²) >= 11 is 0. The fourth-order valence-electron chi connectivity index (χ4n) is 3.38. The molecule has 0 aromatic rings. The Labute approximate surface area is 88.1 Å². The van der Waals surface area contributed by atoms with E-state index in [-0.39, 0.29) is 0 Å². The van der Waals surface area contributed by atoms with E-state index in [2.05, 4.69) is 31.0 Å². The van der Waals surface area contributed by atoms with Gasteiger partial charge in [0, 0.05) is 17.6 Å². The van der Waals surface area contributed by atoms with E-state index in [1.165, 1.54) is 45.3 Å². The third-order valence-electron chi connectivity index (χ3n) is 3.86. The molecule has 2 heterocycles. The second-order valence-corrected chi connectivity index (χ2v) is 5.93. The van der Waals surface area contributed by atoms with Crippen LogP contribution in [-0.4, -0.2) is 35.6 Å². The number of nitrogens with zero attached hydrogens (tertiary/aromatic N) is 1. The quantitative estimate of drug-likeness (QED) is 0.637. The Bertz CT molecular complexity index is 199. The average Bonchev–Trinajstić information content (AvgIpc) is 2.49. The summed E-state index contributed by atoms with van der Waals surface area (Å²) in [6.07, 6.45) is 5.54. The zero-order valence-corrected chi connectivity index (χ0v) is 9.90. The second kappa shape index (κ2) is 3.49. The first-order valence-electron chi connectivity index (χ1n) is 6.03. The maximum absolute atomic E-state index is 3.58. The maximum Gasteiger partial charge on any atom is 0.0340 e. The van der Waals surface area contributed by atoms with Crippen molar-refractivity contribution in [3.05, 3.63) is 0 Å². The van der Waals surface area contributed by atoms with Gasteiger partial charge in [0.2, 0.25) is 0 Å². The molecule has 2 fully saturated rings.